The van der Waals surface area contributed by atoms with E-state index in [0.717, 1.165) is 37.6 Å². The van der Waals surface area contributed by atoms with Gasteiger partial charge < -0.3 is 9.47 Å². The quantitative estimate of drug-likeness (QED) is 0.460. The van der Waals surface area contributed by atoms with E-state index in [-0.39, 0.29) is 11.2 Å². The number of aromatic nitrogens is 4. The van der Waals surface area contributed by atoms with E-state index < -0.39 is 0 Å². The van der Waals surface area contributed by atoms with Crippen molar-refractivity contribution in [3.63, 3.8) is 0 Å². The Balaban J connectivity index is 1.53. The molecule has 5 rings (SSSR count). The zero-order valence-corrected chi connectivity index (χ0v) is 19.1. The molecule has 0 aliphatic carbocycles. The molecule has 7 nitrogen and oxygen atoms in total. The van der Waals surface area contributed by atoms with E-state index in [4.69, 9.17) is 4.98 Å². The second kappa shape index (κ2) is 8.73. The van der Waals surface area contributed by atoms with Gasteiger partial charge in [-0.3, -0.25) is 13.9 Å². The van der Waals surface area contributed by atoms with Crippen LogP contribution in [0.3, 0.4) is 0 Å². The Kier molecular flexibility index (Phi) is 5.62. The number of hydrogen-bond donors (Lipinski definition) is 0. The minimum atomic E-state index is -0.317. The van der Waals surface area contributed by atoms with Crippen LogP contribution in [0.15, 0.2) is 70.3 Å². The molecule has 0 N–H and O–H groups in total. The predicted octanol–water partition coefficient (Wildman–Crippen LogP) is 2.84. The molecule has 0 saturated carbocycles. The van der Waals surface area contributed by atoms with Gasteiger partial charge in [-0.05, 0) is 29.9 Å². The molecule has 4 aromatic rings. The zero-order chi connectivity index (χ0) is 22.9. The second-order valence-electron chi connectivity index (χ2n) is 9.02. The molecule has 2 aromatic heterocycles. The van der Waals surface area contributed by atoms with Crippen LogP contribution in [-0.2, 0) is 33.0 Å². The highest BCUT2D eigenvalue weighted by molar-refractivity contribution is 5.75. The molecule has 1 aliphatic heterocycles. The number of benzene rings is 2. The summed E-state index contributed by atoms with van der Waals surface area (Å²) in [5.74, 6) is 1.16. The lowest BCUT2D eigenvalue weighted by Crippen LogP contribution is -2.41. The molecule has 1 aliphatic rings. The Morgan fingerprint density at radius 1 is 0.879 bits per heavy atom. The van der Waals surface area contributed by atoms with Gasteiger partial charge in [0.2, 0.25) is 5.95 Å². The topological polar surface area (TPSA) is 65.1 Å². The highest BCUT2D eigenvalue weighted by Crippen LogP contribution is 2.27. The van der Waals surface area contributed by atoms with Crippen molar-refractivity contribution in [1.29, 1.82) is 0 Å². The van der Waals surface area contributed by atoms with Crippen LogP contribution in [0, 0.1) is 5.92 Å². The maximum Gasteiger partial charge on any atom is 0.332 e. The number of hydrogen-bond acceptors (Lipinski definition) is 4. The summed E-state index contributed by atoms with van der Waals surface area (Å²) in [6.07, 6.45) is 1.53. The summed E-state index contributed by atoms with van der Waals surface area (Å²) in [5.41, 5.74) is 2.80. The number of nitrogens with zero attached hydrogens (tertiary/aromatic N) is 5. The first-order valence-electron chi connectivity index (χ1n) is 11.6. The van der Waals surface area contributed by atoms with Crippen molar-refractivity contribution in [3.8, 4) is 0 Å². The maximum atomic E-state index is 13.5. The third-order valence-corrected chi connectivity index (χ3v) is 6.50. The minimum Gasteiger partial charge on any atom is -0.342 e. The monoisotopic (exact) mass is 443 g/mol. The number of rotatable bonds is 6. The lowest BCUT2D eigenvalue weighted by molar-refractivity contribution is 0.436. The summed E-state index contributed by atoms with van der Waals surface area (Å²) in [4.78, 5) is 33.6. The van der Waals surface area contributed by atoms with Crippen molar-refractivity contribution < 1.29 is 0 Å². The molecule has 7 heteroatoms. The Hall–Kier alpha value is -3.61. The summed E-state index contributed by atoms with van der Waals surface area (Å²) in [6.45, 7) is 4.96. The average molecular weight is 444 g/mol. The van der Waals surface area contributed by atoms with Gasteiger partial charge in [0.1, 0.15) is 0 Å². The van der Waals surface area contributed by atoms with Crippen molar-refractivity contribution in [2.24, 2.45) is 13.0 Å². The zero-order valence-electron chi connectivity index (χ0n) is 19.1. The molecular weight excluding hydrogens is 414 g/mol. The number of aryl methyl sites for hydroxylation is 2. The highest BCUT2D eigenvalue weighted by atomic mass is 16.2. The maximum absolute atomic E-state index is 13.5. The molecule has 0 bridgehead atoms. The number of imidazole rings is 1. The van der Waals surface area contributed by atoms with E-state index in [2.05, 4.69) is 36.1 Å². The summed E-state index contributed by atoms with van der Waals surface area (Å²) in [6, 6.07) is 20.3. The van der Waals surface area contributed by atoms with Crippen molar-refractivity contribution >= 4 is 17.1 Å². The predicted molar refractivity (Wildman–Crippen MR) is 131 cm³/mol. The molecule has 170 valence electrons. The fourth-order valence-corrected chi connectivity index (χ4v) is 4.78. The highest BCUT2D eigenvalue weighted by Gasteiger charge is 2.28. The number of fused-ring (bicyclic) bond motifs is 3. The first-order valence-corrected chi connectivity index (χ1v) is 11.6. The van der Waals surface area contributed by atoms with E-state index in [0.29, 0.717) is 30.0 Å². The SMILES string of the molecule is CC1CN(CCc2ccccc2)c2nc3c(c(=O)n(CCc4ccccc4)c(=O)n3C)n2C1. The normalized spacial score (nSPS) is 15.7. The summed E-state index contributed by atoms with van der Waals surface area (Å²) in [7, 11) is 1.71. The Morgan fingerprint density at radius 2 is 1.48 bits per heavy atom. The summed E-state index contributed by atoms with van der Waals surface area (Å²) in [5, 5.41) is 0. The van der Waals surface area contributed by atoms with Gasteiger partial charge in [-0.2, -0.15) is 4.98 Å². The molecule has 3 heterocycles. The Bertz CT molecular complexity index is 1390. The van der Waals surface area contributed by atoms with Gasteiger partial charge in [-0.15, -0.1) is 0 Å². The van der Waals surface area contributed by atoms with Gasteiger partial charge in [-0.1, -0.05) is 67.6 Å². The Morgan fingerprint density at radius 3 is 2.12 bits per heavy atom. The smallest absolute Gasteiger partial charge is 0.332 e. The van der Waals surface area contributed by atoms with Crippen LogP contribution >= 0.6 is 0 Å². The van der Waals surface area contributed by atoms with Crippen LogP contribution < -0.4 is 16.1 Å². The summed E-state index contributed by atoms with van der Waals surface area (Å²) >= 11 is 0. The van der Waals surface area contributed by atoms with Gasteiger partial charge in [-0.25, -0.2) is 4.79 Å². The Labute approximate surface area is 192 Å². The van der Waals surface area contributed by atoms with E-state index in [1.54, 1.807) is 7.05 Å². The van der Waals surface area contributed by atoms with E-state index in [1.807, 2.05) is 41.0 Å². The van der Waals surface area contributed by atoms with Crippen LogP contribution in [0.2, 0.25) is 0 Å². The van der Waals surface area contributed by atoms with Crippen LogP contribution in [0.4, 0.5) is 5.95 Å². The fraction of sp³-hybridized carbons (Fsp3) is 0.346. The van der Waals surface area contributed by atoms with Crippen LogP contribution in [0.1, 0.15) is 18.1 Å². The van der Waals surface area contributed by atoms with Gasteiger partial charge in [0.25, 0.3) is 5.56 Å². The van der Waals surface area contributed by atoms with Crippen LogP contribution in [0.25, 0.3) is 11.2 Å². The largest absolute Gasteiger partial charge is 0.342 e. The van der Waals surface area contributed by atoms with Crippen molar-refractivity contribution in [1.82, 2.24) is 18.7 Å². The van der Waals surface area contributed by atoms with Gasteiger partial charge in [0, 0.05) is 33.2 Å². The lowest BCUT2D eigenvalue weighted by atomic mass is 10.1. The standard InChI is InChI=1S/C26H29N5O2/c1-19-17-29(15-13-20-9-5-3-6-10-20)25-27-23-22(31(25)18-19)24(32)30(26(33)28(23)2)16-14-21-11-7-4-8-12-21/h3-12,19H,13-18H2,1-2H3. The molecule has 0 saturated heterocycles. The van der Waals surface area contributed by atoms with Gasteiger partial charge in [0.05, 0.1) is 0 Å². The van der Waals surface area contributed by atoms with Crippen LogP contribution in [-0.4, -0.2) is 31.8 Å². The molecule has 0 radical (unpaired) electrons. The third kappa shape index (κ3) is 3.99. The van der Waals surface area contributed by atoms with E-state index in [1.165, 1.54) is 14.7 Å². The first-order chi connectivity index (χ1) is 16.0. The van der Waals surface area contributed by atoms with E-state index >= 15 is 0 Å². The average Bonchev–Trinajstić information content (AvgIpc) is 3.22. The van der Waals surface area contributed by atoms with Crippen molar-refractivity contribution in [2.45, 2.75) is 32.9 Å². The number of anilines is 1. The molecule has 33 heavy (non-hydrogen) atoms. The molecule has 1 unspecified atom stereocenters. The molecule has 1 atom stereocenters. The lowest BCUT2D eigenvalue weighted by Gasteiger charge is -2.33. The van der Waals surface area contributed by atoms with Gasteiger partial charge >= 0.3 is 5.69 Å². The third-order valence-electron chi connectivity index (χ3n) is 6.50. The summed E-state index contributed by atoms with van der Waals surface area (Å²) < 4.78 is 4.90. The van der Waals surface area contributed by atoms with Crippen molar-refractivity contribution in [2.75, 3.05) is 18.0 Å². The fourth-order valence-electron chi connectivity index (χ4n) is 4.78. The van der Waals surface area contributed by atoms with Crippen molar-refractivity contribution in [3.05, 3.63) is 92.6 Å². The molecule has 0 fully saturated rings. The minimum absolute atomic E-state index is 0.250. The molecular formula is C26H29N5O2. The van der Waals surface area contributed by atoms with E-state index in [9.17, 15) is 9.59 Å². The second-order valence-corrected chi connectivity index (χ2v) is 9.02. The molecule has 0 amide bonds. The molecule has 2 aromatic carbocycles. The van der Waals surface area contributed by atoms with Gasteiger partial charge in [0.15, 0.2) is 11.2 Å². The van der Waals surface area contributed by atoms with Crippen LogP contribution in [0.5, 0.6) is 0 Å². The molecule has 0 spiro atoms. The first kappa shape index (κ1) is 21.2.